The Hall–Kier alpha value is -0.880. The van der Waals surface area contributed by atoms with E-state index in [1.807, 2.05) is 0 Å². The molecule has 0 radical (unpaired) electrons. The predicted molar refractivity (Wildman–Crippen MR) is 86.6 cm³/mol. The Morgan fingerprint density at radius 3 is 2.57 bits per heavy atom. The second kappa shape index (κ2) is 6.48. The highest BCUT2D eigenvalue weighted by Crippen LogP contribution is 2.38. The Morgan fingerprint density at radius 1 is 1.33 bits per heavy atom. The number of benzene rings is 1. The second-order valence-corrected chi connectivity index (χ2v) is 8.40. The fourth-order valence-electron chi connectivity index (χ4n) is 2.72. The maximum atomic E-state index is 12.2. The fourth-order valence-corrected chi connectivity index (χ4v) is 4.15. The van der Waals surface area contributed by atoms with Crippen LogP contribution in [0.15, 0.2) is 29.2 Å². The molecule has 2 rings (SSSR count). The molecular weight excluding hydrogens is 354 g/mol. The van der Waals surface area contributed by atoms with Crippen molar-refractivity contribution in [2.75, 3.05) is 18.1 Å². The average Bonchev–Trinajstić information content (AvgIpc) is 2.93. The molecule has 1 fully saturated rings. The second-order valence-electron chi connectivity index (χ2n) is 5.82. The Bertz CT molecular complexity index is 622. The first-order valence-corrected chi connectivity index (χ1v) is 10.0. The summed E-state index contributed by atoms with van der Waals surface area (Å²) in [5, 5.41) is 3.83. The summed E-state index contributed by atoms with van der Waals surface area (Å²) in [6, 6.07) is 6.17. The van der Waals surface area contributed by atoms with Gasteiger partial charge < -0.3 is 5.32 Å². The van der Waals surface area contributed by atoms with Gasteiger partial charge in [0.1, 0.15) is 0 Å². The van der Waals surface area contributed by atoms with Crippen LogP contribution in [0.3, 0.4) is 0 Å². The van der Waals surface area contributed by atoms with Crippen LogP contribution in [0.4, 0.5) is 0 Å². The molecule has 0 unspecified atom stereocenters. The van der Waals surface area contributed by atoms with E-state index in [0.717, 1.165) is 24.4 Å². The lowest BCUT2D eigenvalue weighted by atomic mass is 9.89. The molecule has 4 nitrogen and oxygen atoms in total. The molecule has 1 amide bonds. The van der Waals surface area contributed by atoms with Crippen LogP contribution in [0.2, 0.25) is 0 Å². The zero-order chi connectivity index (χ0) is 15.5. The Balaban J connectivity index is 2.07. The van der Waals surface area contributed by atoms with Gasteiger partial charge in [-0.3, -0.25) is 4.79 Å². The summed E-state index contributed by atoms with van der Waals surface area (Å²) in [6.45, 7) is 0.625. The minimum atomic E-state index is -3.29. The van der Waals surface area contributed by atoms with Gasteiger partial charge in [-0.25, -0.2) is 8.42 Å². The highest BCUT2D eigenvalue weighted by atomic mass is 79.9. The van der Waals surface area contributed by atoms with Crippen LogP contribution >= 0.6 is 15.9 Å². The van der Waals surface area contributed by atoms with Crippen LogP contribution in [0.5, 0.6) is 0 Å². The van der Waals surface area contributed by atoms with E-state index < -0.39 is 9.84 Å². The van der Waals surface area contributed by atoms with Crippen molar-refractivity contribution < 1.29 is 13.2 Å². The first-order valence-electron chi connectivity index (χ1n) is 7.01. The van der Waals surface area contributed by atoms with Gasteiger partial charge in [0.15, 0.2) is 9.84 Å². The van der Waals surface area contributed by atoms with Gasteiger partial charge in [0.25, 0.3) is 5.91 Å². The minimum absolute atomic E-state index is 0.143. The summed E-state index contributed by atoms with van der Waals surface area (Å²) < 4.78 is 23.1. The van der Waals surface area contributed by atoms with Crippen LogP contribution in [-0.4, -0.2) is 32.5 Å². The number of amides is 1. The fraction of sp³-hybridized carbons (Fsp3) is 0.533. The molecule has 0 heterocycles. The maximum absolute atomic E-state index is 12.2. The van der Waals surface area contributed by atoms with E-state index in [1.165, 1.54) is 25.0 Å². The first-order chi connectivity index (χ1) is 9.86. The SMILES string of the molecule is CS(=O)(=O)c1cccc(C(=O)NCC2(CBr)CCCC2)c1. The van der Waals surface area contributed by atoms with Gasteiger partial charge in [0.2, 0.25) is 0 Å². The maximum Gasteiger partial charge on any atom is 0.251 e. The number of nitrogens with one attached hydrogen (secondary N) is 1. The lowest BCUT2D eigenvalue weighted by molar-refractivity contribution is 0.0935. The number of carbonyl (C=O) groups is 1. The number of sulfone groups is 1. The first kappa shape index (κ1) is 16.5. The van der Waals surface area contributed by atoms with Gasteiger partial charge in [-0.15, -0.1) is 0 Å². The lowest BCUT2D eigenvalue weighted by Crippen LogP contribution is -2.37. The van der Waals surface area contributed by atoms with Crippen molar-refractivity contribution in [1.82, 2.24) is 5.32 Å². The Kier molecular flexibility index (Phi) is 5.09. The molecule has 6 heteroatoms. The monoisotopic (exact) mass is 373 g/mol. The van der Waals surface area contributed by atoms with E-state index in [1.54, 1.807) is 12.1 Å². The molecule has 0 saturated heterocycles. The van der Waals surface area contributed by atoms with E-state index in [9.17, 15) is 13.2 Å². The summed E-state index contributed by atoms with van der Waals surface area (Å²) in [5.74, 6) is -0.215. The number of carbonyl (C=O) groups excluding carboxylic acids is 1. The van der Waals surface area contributed by atoms with Gasteiger partial charge in [0.05, 0.1) is 4.90 Å². The van der Waals surface area contributed by atoms with E-state index in [4.69, 9.17) is 0 Å². The van der Waals surface area contributed by atoms with E-state index in [0.29, 0.717) is 12.1 Å². The summed E-state index contributed by atoms with van der Waals surface area (Å²) in [6.07, 6.45) is 5.77. The average molecular weight is 374 g/mol. The molecule has 0 aliphatic heterocycles. The third-order valence-electron chi connectivity index (χ3n) is 4.10. The lowest BCUT2D eigenvalue weighted by Gasteiger charge is -2.26. The molecule has 1 aliphatic rings. The largest absolute Gasteiger partial charge is 0.351 e. The molecule has 0 spiro atoms. The van der Waals surface area contributed by atoms with Crippen molar-refractivity contribution in [3.05, 3.63) is 29.8 Å². The third kappa shape index (κ3) is 4.07. The van der Waals surface area contributed by atoms with Crippen LogP contribution < -0.4 is 5.32 Å². The van der Waals surface area contributed by atoms with Gasteiger partial charge in [-0.05, 0) is 36.5 Å². The quantitative estimate of drug-likeness (QED) is 0.807. The number of hydrogen-bond donors (Lipinski definition) is 1. The van der Waals surface area contributed by atoms with Crippen molar-refractivity contribution >= 4 is 31.7 Å². The molecule has 1 aromatic carbocycles. The zero-order valence-electron chi connectivity index (χ0n) is 12.1. The molecule has 0 aromatic heterocycles. The highest BCUT2D eigenvalue weighted by Gasteiger charge is 2.33. The predicted octanol–water partition coefficient (Wildman–Crippen LogP) is 2.78. The van der Waals surface area contributed by atoms with Gasteiger partial charge >= 0.3 is 0 Å². The number of alkyl halides is 1. The molecule has 116 valence electrons. The van der Waals surface area contributed by atoms with E-state index in [-0.39, 0.29) is 16.2 Å². The standard InChI is InChI=1S/C15H20BrNO3S/c1-21(19,20)13-6-4-5-12(9-13)14(18)17-11-15(10-16)7-2-3-8-15/h4-6,9H,2-3,7-8,10-11H2,1H3,(H,17,18). The summed E-state index contributed by atoms with van der Waals surface area (Å²) in [4.78, 5) is 12.4. The molecular formula is C15H20BrNO3S. The molecule has 0 atom stereocenters. The Labute approximate surface area is 134 Å². The summed E-state index contributed by atoms with van der Waals surface area (Å²) in [7, 11) is -3.29. The van der Waals surface area contributed by atoms with Gasteiger partial charge in [-0.1, -0.05) is 34.8 Å². The van der Waals surface area contributed by atoms with Crippen LogP contribution in [-0.2, 0) is 9.84 Å². The zero-order valence-corrected chi connectivity index (χ0v) is 14.5. The summed E-state index contributed by atoms with van der Waals surface area (Å²) in [5.41, 5.74) is 0.532. The van der Waals surface area contributed by atoms with Crippen molar-refractivity contribution in [2.45, 2.75) is 30.6 Å². The Morgan fingerprint density at radius 2 is 2.00 bits per heavy atom. The molecule has 0 bridgehead atoms. The molecule has 21 heavy (non-hydrogen) atoms. The van der Waals surface area contributed by atoms with Crippen molar-refractivity contribution in [3.63, 3.8) is 0 Å². The molecule has 1 aromatic rings. The minimum Gasteiger partial charge on any atom is -0.351 e. The molecule has 1 N–H and O–H groups in total. The van der Waals surface area contributed by atoms with Gasteiger partial charge in [0, 0.05) is 23.7 Å². The number of hydrogen-bond acceptors (Lipinski definition) is 3. The highest BCUT2D eigenvalue weighted by molar-refractivity contribution is 9.09. The molecule has 1 saturated carbocycles. The van der Waals surface area contributed by atoms with E-state index in [2.05, 4.69) is 21.2 Å². The van der Waals surface area contributed by atoms with Crippen LogP contribution in [0.1, 0.15) is 36.0 Å². The van der Waals surface area contributed by atoms with Crippen LogP contribution in [0.25, 0.3) is 0 Å². The molecule has 1 aliphatic carbocycles. The van der Waals surface area contributed by atoms with Crippen molar-refractivity contribution in [2.24, 2.45) is 5.41 Å². The van der Waals surface area contributed by atoms with Crippen molar-refractivity contribution in [3.8, 4) is 0 Å². The van der Waals surface area contributed by atoms with E-state index >= 15 is 0 Å². The van der Waals surface area contributed by atoms with Gasteiger partial charge in [-0.2, -0.15) is 0 Å². The number of rotatable bonds is 5. The van der Waals surface area contributed by atoms with Crippen molar-refractivity contribution in [1.29, 1.82) is 0 Å². The normalized spacial score (nSPS) is 17.6. The summed E-state index contributed by atoms with van der Waals surface area (Å²) >= 11 is 3.55. The number of halogens is 1. The third-order valence-corrected chi connectivity index (χ3v) is 6.40. The topological polar surface area (TPSA) is 63.2 Å². The van der Waals surface area contributed by atoms with Crippen LogP contribution in [0, 0.1) is 5.41 Å². The smallest absolute Gasteiger partial charge is 0.251 e.